The normalized spacial score (nSPS) is 40.8. The average Bonchev–Trinajstić information content (AvgIpc) is 2.57. The highest BCUT2D eigenvalue weighted by atomic mass is 16.5. The first-order chi connectivity index (χ1) is 6.34. The molecule has 3 heteroatoms. The van der Waals surface area contributed by atoms with Crippen molar-refractivity contribution in [2.75, 3.05) is 19.8 Å². The van der Waals surface area contributed by atoms with Gasteiger partial charge in [0, 0.05) is 12.6 Å². The van der Waals surface area contributed by atoms with Gasteiger partial charge in [-0.15, -0.1) is 0 Å². The van der Waals surface area contributed by atoms with Gasteiger partial charge in [0.1, 0.15) is 0 Å². The molecule has 0 aromatic rings. The first-order valence-electron chi connectivity index (χ1n) is 5.31. The Hall–Kier alpha value is -0.120. The highest BCUT2D eigenvalue weighted by Gasteiger charge is 2.24. The van der Waals surface area contributed by atoms with Crippen LogP contribution in [0.3, 0.4) is 0 Å². The molecular formula is C10H19NO2. The summed E-state index contributed by atoms with van der Waals surface area (Å²) in [6.07, 6.45) is 4.22. The summed E-state index contributed by atoms with van der Waals surface area (Å²) >= 11 is 0. The Morgan fingerprint density at radius 2 is 2.23 bits per heavy atom. The van der Waals surface area contributed by atoms with Crippen molar-refractivity contribution < 1.29 is 9.47 Å². The fourth-order valence-corrected chi connectivity index (χ4v) is 2.10. The standard InChI is InChI=1S/C10H19NO2/c1-8-6-9(2-4-11-8)13-10-3-5-12-7-10/h8-11H,2-7H2,1H3. The van der Waals surface area contributed by atoms with Gasteiger partial charge in [-0.3, -0.25) is 0 Å². The number of hydrogen-bond acceptors (Lipinski definition) is 3. The van der Waals surface area contributed by atoms with Crippen LogP contribution >= 0.6 is 0 Å². The lowest BCUT2D eigenvalue weighted by Crippen LogP contribution is -2.40. The van der Waals surface area contributed by atoms with E-state index in [2.05, 4.69) is 12.2 Å². The Balaban J connectivity index is 1.73. The highest BCUT2D eigenvalue weighted by molar-refractivity contribution is 4.77. The second-order valence-corrected chi connectivity index (χ2v) is 4.12. The smallest absolute Gasteiger partial charge is 0.0834 e. The van der Waals surface area contributed by atoms with Gasteiger partial charge in [-0.2, -0.15) is 0 Å². The summed E-state index contributed by atoms with van der Waals surface area (Å²) in [6.45, 7) is 5.00. The monoisotopic (exact) mass is 185 g/mol. The third kappa shape index (κ3) is 2.66. The Kier molecular flexibility index (Phi) is 3.19. The van der Waals surface area contributed by atoms with Crippen molar-refractivity contribution in [3.63, 3.8) is 0 Å². The van der Waals surface area contributed by atoms with Crippen molar-refractivity contribution in [2.45, 2.75) is 44.4 Å². The maximum Gasteiger partial charge on any atom is 0.0834 e. The Morgan fingerprint density at radius 3 is 2.92 bits per heavy atom. The van der Waals surface area contributed by atoms with E-state index < -0.39 is 0 Å². The topological polar surface area (TPSA) is 30.5 Å². The van der Waals surface area contributed by atoms with Gasteiger partial charge in [0.25, 0.3) is 0 Å². The van der Waals surface area contributed by atoms with Crippen molar-refractivity contribution in [3.05, 3.63) is 0 Å². The highest BCUT2D eigenvalue weighted by Crippen LogP contribution is 2.18. The summed E-state index contributed by atoms with van der Waals surface area (Å²) < 4.78 is 11.2. The lowest BCUT2D eigenvalue weighted by atomic mass is 10.0. The molecule has 76 valence electrons. The van der Waals surface area contributed by atoms with Crippen LogP contribution in [0.4, 0.5) is 0 Å². The molecule has 13 heavy (non-hydrogen) atoms. The summed E-state index contributed by atoms with van der Waals surface area (Å²) in [5.74, 6) is 0. The molecule has 0 aliphatic carbocycles. The molecule has 3 nitrogen and oxygen atoms in total. The van der Waals surface area contributed by atoms with Crippen LogP contribution in [0.5, 0.6) is 0 Å². The molecule has 2 rings (SSSR count). The largest absolute Gasteiger partial charge is 0.379 e. The molecule has 0 aromatic heterocycles. The third-order valence-electron chi connectivity index (χ3n) is 2.85. The van der Waals surface area contributed by atoms with Gasteiger partial charge in [0.15, 0.2) is 0 Å². The van der Waals surface area contributed by atoms with E-state index in [1.807, 2.05) is 0 Å². The molecule has 2 heterocycles. The van der Waals surface area contributed by atoms with Crippen molar-refractivity contribution in [2.24, 2.45) is 0 Å². The summed E-state index contributed by atoms with van der Waals surface area (Å²) in [7, 11) is 0. The number of piperidine rings is 1. The van der Waals surface area contributed by atoms with E-state index in [1.54, 1.807) is 0 Å². The number of rotatable bonds is 2. The molecule has 0 saturated carbocycles. The molecule has 0 aromatic carbocycles. The zero-order valence-corrected chi connectivity index (χ0v) is 8.29. The van der Waals surface area contributed by atoms with Crippen LogP contribution in [0.25, 0.3) is 0 Å². The molecule has 0 radical (unpaired) electrons. The van der Waals surface area contributed by atoms with Crippen LogP contribution in [0, 0.1) is 0 Å². The molecule has 2 saturated heterocycles. The number of hydrogen-bond donors (Lipinski definition) is 1. The fourth-order valence-electron chi connectivity index (χ4n) is 2.10. The molecule has 3 atom stereocenters. The van der Waals surface area contributed by atoms with E-state index in [9.17, 15) is 0 Å². The SMILES string of the molecule is CC1CC(OC2CCOC2)CCN1. The predicted molar refractivity (Wildman–Crippen MR) is 50.8 cm³/mol. The average molecular weight is 185 g/mol. The van der Waals surface area contributed by atoms with Crippen molar-refractivity contribution in [1.82, 2.24) is 5.32 Å². The summed E-state index contributed by atoms with van der Waals surface area (Å²) in [6, 6.07) is 0.612. The third-order valence-corrected chi connectivity index (χ3v) is 2.85. The molecule has 2 aliphatic rings. The van der Waals surface area contributed by atoms with Crippen LogP contribution in [-0.4, -0.2) is 38.0 Å². The second kappa shape index (κ2) is 4.40. The summed E-state index contributed by atoms with van der Waals surface area (Å²) in [5, 5.41) is 3.43. The molecule has 2 fully saturated rings. The van der Waals surface area contributed by atoms with Crippen LogP contribution < -0.4 is 5.32 Å². The predicted octanol–water partition coefficient (Wildman–Crippen LogP) is 0.932. The lowest BCUT2D eigenvalue weighted by molar-refractivity contribution is -0.0346. The molecule has 0 spiro atoms. The Morgan fingerprint density at radius 1 is 1.31 bits per heavy atom. The van der Waals surface area contributed by atoms with E-state index in [0.29, 0.717) is 18.2 Å². The van der Waals surface area contributed by atoms with Gasteiger partial charge in [0.2, 0.25) is 0 Å². The zero-order valence-electron chi connectivity index (χ0n) is 8.29. The van der Waals surface area contributed by atoms with Crippen LogP contribution in [0.1, 0.15) is 26.2 Å². The lowest BCUT2D eigenvalue weighted by Gasteiger charge is -2.29. The minimum atomic E-state index is 0.371. The van der Waals surface area contributed by atoms with Crippen molar-refractivity contribution in [1.29, 1.82) is 0 Å². The molecular weight excluding hydrogens is 166 g/mol. The van der Waals surface area contributed by atoms with E-state index in [4.69, 9.17) is 9.47 Å². The van der Waals surface area contributed by atoms with Crippen LogP contribution in [0.2, 0.25) is 0 Å². The fraction of sp³-hybridized carbons (Fsp3) is 1.00. The molecule has 1 N–H and O–H groups in total. The summed E-state index contributed by atoms with van der Waals surface area (Å²) in [4.78, 5) is 0. The van der Waals surface area contributed by atoms with Crippen LogP contribution in [-0.2, 0) is 9.47 Å². The summed E-state index contributed by atoms with van der Waals surface area (Å²) in [5.41, 5.74) is 0. The Bertz CT molecular complexity index is 157. The zero-order chi connectivity index (χ0) is 9.10. The van der Waals surface area contributed by atoms with Gasteiger partial charge in [-0.05, 0) is 32.7 Å². The molecule has 0 bridgehead atoms. The molecule has 0 amide bonds. The van der Waals surface area contributed by atoms with Gasteiger partial charge in [-0.1, -0.05) is 0 Å². The number of nitrogens with one attached hydrogen (secondary N) is 1. The van der Waals surface area contributed by atoms with Crippen molar-refractivity contribution >= 4 is 0 Å². The van der Waals surface area contributed by atoms with E-state index in [1.165, 1.54) is 0 Å². The second-order valence-electron chi connectivity index (χ2n) is 4.12. The first kappa shape index (κ1) is 9.44. The van der Waals surface area contributed by atoms with E-state index in [0.717, 1.165) is 39.0 Å². The van der Waals surface area contributed by atoms with E-state index >= 15 is 0 Å². The van der Waals surface area contributed by atoms with Gasteiger partial charge >= 0.3 is 0 Å². The Labute approximate surface area is 79.8 Å². The minimum absolute atomic E-state index is 0.371. The molecule has 3 unspecified atom stereocenters. The maximum atomic E-state index is 5.96. The van der Waals surface area contributed by atoms with E-state index in [-0.39, 0.29) is 0 Å². The number of ether oxygens (including phenoxy) is 2. The first-order valence-corrected chi connectivity index (χ1v) is 5.31. The van der Waals surface area contributed by atoms with Gasteiger partial charge < -0.3 is 14.8 Å². The minimum Gasteiger partial charge on any atom is -0.379 e. The van der Waals surface area contributed by atoms with Crippen LogP contribution in [0.15, 0.2) is 0 Å². The van der Waals surface area contributed by atoms with Gasteiger partial charge in [0.05, 0.1) is 18.8 Å². The molecule has 2 aliphatic heterocycles. The quantitative estimate of drug-likeness (QED) is 0.694. The maximum absolute atomic E-state index is 5.96. The van der Waals surface area contributed by atoms with Gasteiger partial charge in [-0.25, -0.2) is 0 Å². The van der Waals surface area contributed by atoms with Crippen molar-refractivity contribution in [3.8, 4) is 0 Å².